The Bertz CT molecular complexity index is 1190. The number of morpholine rings is 1. The first-order chi connectivity index (χ1) is 15.1. The van der Waals surface area contributed by atoms with Crippen LogP contribution in [0.2, 0.25) is 0 Å². The molecule has 2 aromatic carbocycles. The summed E-state index contributed by atoms with van der Waals surface area (Å²) in [5.74, 6) is 1.19. The Balaban J connectivity index is 1.67. The summed E-state index contributed by atoms with van der Waals surface area (Å²) in [5, 5.41) is 0. The van der Waals surface area contributed by atoms with Gasteiger partial charge in [0.2, 0.25) is 0 Å². The topological polar surface area (TPSA) is 75.1 Å². The molecule has 0 amide bonds. The predicted octanol–water partition coefficient (Wildman–Crippen LogP) is 2.20. The maximum Gasteiger partial charge on any atom is 0.294 e. The van der Waals surface area contributed by atoms with Crippen LogP contribution in [0.3, 0.4) is 0 Å². The van der Waals surface area contributed by atoms with Crippen molar-refractivity contribution in [3.05, 3.63) is 52.1 Å². The fourth-order valence-electron chi connectivity index (χ4n) is 3.89. The fourth-order valence-corrected chi connectivity index (χ4v) is 3.89. The average molecular weight is 427 g/mol. The highest BCUT2D eigenvalue weighted by atomic mass is 19.1. The molecule has 1 fully saturated rings. The standard InChI is InChI=1S/C22H22FN3O5/c1-28-18-3-2-14(10-15(18)23)13-26-17-12-20-19(30-8-9-31-20)11-16(17)24-21(22(26)27)25-4-6-29-7-5-25/h2-3,10-12H,4-9,13H2,1H3. The van der Waals surface area contributed by atoms with Crippen LogP contribution in [0.15, 0.2) is 35.1 Å². The van der Waals surface area contributed by atoms with Gasteiger partial charge in [-0.3, -0.25) is 9.36 Å². The van der Waals surface area contributed by atoms with Gasteiger partial charge in [0.25, 0.3) is 5.56 Å². The van der Waals surface area contributed by atoms with E-state index in [9.17, 15) is 9.18 Å². The van der Waals surface area contributed by atoms with Crippen LogP contribution >= 0.6 is 0 Å². The molecule has 0 atom stereocenters. The molecule has 2 aliphatic rings. The monoisotopic (exact) mass is 427 g/mol. The van der Waals surface area contributed by atoms with Crippen molar-refractivity contribution in [3.63, 3.8) is 0 Å². The zero-order valence-corrected chi connectivity index (χ0v) is 17.1. The highest BCUT2D eigenvalue weighted by Crippen LogP contribution is 2.34. The van der Waals surface area contributed by atoms with E-state index in [2.05, 4.69) is 4.98 Å². The Hall–Kier alpha value is -3.33. The van der Waals surface area contributed by atoms with E-state index < -0.39 is 5.82 Å². The van der Waals surface area contributed by atoms with Crippen molar-refractivity contribution in [2.45, 2.75) is 6.54 Å². The summed E-state index contributed by atoms with van der Waals surface area (Å²) in [5.41, 5.74) is 1.60. The van der Waals surface area contributed by atoms with Gasteiger partial charge in [0.1, 0.15) is 13.2 Å². The number of benzene rings is 2. The molecule has 5 rings (SSSR count). The lowest BCUT2D eigenvalue weighted by atomic mass is 10.2. The van der Waals surface area contributed by atoms with Crippen LogP contribution in [0.1, 0.15) is 5.56 Å². The van der Waals surface area contributed by atoms with E-state index in [1.165, 1.54) is 13.2 Å². The van der Waals surface area contributed by atoms with E-state index in [-0.39, 0.29) is 17.9 Å². The molecular formula is C22H22FN3O5. The van der Waals surface area contributed by atoms with Crippen LogP contribution < -0.4 is 24.7 Å². The first-order valence-corrected chi connectivity index (χ1v) is 10.1. The number of fused-ring (bicyclic) bond motifs is 2. The summed E-state index contributed by atoms with van der Waals surface area (Å²) < 4.78 is 37.7. The largest absolute Gasteiger partial charge is 0.494 e. The van der Waals surface area contributed by atoms with Crippen molar-refractivity contribution in [2.75, 3.05) is 51.5 Å². The minimum Gasteiger partial charge on any atom is -0.494 e. The smallest absolute Gasteiger partial charge is 0.294 e. The van der Waals surface area contributed by atoms with Crippen molar-refractivity contribution in [3.8, 4) is 17.2 Å². The third-order valence-electron chi connectivity index (χ3n) is 5.46. The van der Waals surface area contributed by atoms with Gasteiger partial charge in [0.05, 0.1) is 37.9 Å². The second-order valence-electron chi connectivity index (χ2n) is 7.38. The zero-order valence-electron chi connectivity index (χ0n) is 17.1. The molecule has 1 saturated heterocycles. The van der Waals surface area contributed by atoms with E-state index in [0.29, 0.717) is 73.4 Å². The number of halogens is 1. The van der Waals surface area contributed by atoms with Crippen LogP contribution in [0.4, 0.5) is 10.2 Å². The number of hydrogen-bond donors (Lipinski definition) is 0. The van der Waals surface area contributed by atoms with Gasteiger partial charge in [0, 0.05) is 25.2 Å². The summed E-state index contributed by atoms with van der Waals surface area (Å²) in [6.07, 6.45) is 0. The highest BCUT2D eigenvalue weighted by molar-refractivity contribution is 5.81. The number of anilines is 1. The first-order valence-electron chi connectivity index (χ1n) is 10.1. The molecule has 9 heteroatoms. The molecule has 31 heavy (non-hydrogen) atoms. The van der Waals surface area contributed by atoms with Crippen molar-refractivity contribution in [2.24, 2.45) is 0 Å². The third-order valence-corrected chi connectivity index (χ3v) is 5.46. The highest BCUT2D eigenvalue weighted by Gasteiger charge is 2.22. The molecule has 1 aromatic heterocycles. The first kappa shape index (κ1) is 19.6. The maximum absolute atomic E-state index is 14.3. The summed E-state index contributed by atoms with van der Waals surface area (Å²) in [4.78, 5) is 20.1. The van der Waals surface area contributed by atoms with E-state index in [1.807, 2.05) is 4.90 Å². The van der Waals surface area contributed by atoms with E-state index in [0.717, 1.165) is 0 Å². The van der Waals surface area contributed by atoms with Crippen molar-refractivity contribution in [1.29, 1.82) is 0 Å². The Morgan fingerprint density at radius 2 is 1.81 bits per heavy atom. The molecule has 3 aromatic rings. The minimum atomic E-state index is -0.478. The number of rotatable bonds is 4. The van der Waals surface area contributed by atoms with Crippen LogP contribution in [0.25, 0.3) is 11.0 Å². The molecule has 2 aliphatic heterocycles. The van der Waals surface area contributed by atoms with Crippen LogP contribution in [-0.4, -0.2) is 56.2 Å². The maximum atomic E-state index is 14.3. The minimum absolute atomic E-state index is 0.157. The summed E-state index contributed by atoms with van der Waals surface area (Å²) in [6, 6.07) is 8.23. The molecule has 8 nitrogen and oxygen atoms in total. The predicted molar refractivity (Wildman–Crippen MR) is 112 cm³/mol. The summed E-state index contributed by atoms with van der Waals surface area (Å²) in [6.45, 7) is 3.29. The lowest BCUT2D eigenvalue weighted by Gasteiger charge is -2.28. The summed E-state index contributed by atoms with van der Waals surface area (Å²) in [7, 11) is 1.42. The molecule has 3 heterocycles. The lowest BCUT2D eigenvalue weighted by Crippen LogP contribution is -2.41. The van der Waals surface area contributed by atoms with Crippen molar-refractivity contribution < 1.29 is 23.3 Å². The van der Waals surface area contributed by atoms with E-state index in [4.69, 9.17) is 18.9 Å². The number of hydrogen-bond acceptors (Lipinski definition) is 7. The van der Waals surface area contributed by atoms with E-state index >= 15 is 0 Å². The molecule has 0 bridgehead atoms. The molecular weight excluding hydrogens is 405 g/mol. The second-order valence-corrected chi connectivity index (χ2v) is 7.38. The van der Waals surface area contributed by atoms with Crippen LogP contribution in [0.5, 0.6) is 17.2 Å². The Morgan fingerprint density at radius 1 is 1.06 bits per heavy atom. The molecule has 0 saturated carbocycles. The second kappa shape index (κ2) is 8.07. The Labute approximate surface area is 177 Å². The fraction of sp³-hybridized carbons (Fsp3) is 0.364. The van der Waals surface area contributed by atoms with Crippen molar-refractivity contribution >= 4 is 16.9 Å². The zero-order chi connectivity index (χ0) is 21.4. The number of ether oxygens (including phenoxy) is 4. The molecule has 0 spiro atoms. The van der Waals surface area contributed by atoms with Gasteiger partial charge in [-0.25, -0.2) is 9.37 Å². The van der Waals surface area contributed by atoms with Gasteiger partial charge in [0.15, 0.2) is 28.9 Å². The molecule has 0 radical (unpaired) electrons. The molecule has 162 valence electrons. The van der Waals surface area contributed by atoms with Gasteiger partial charge >= 0.3 is 0 Å². The number of methoxy groups -OCH3 is 1. The Kier molecular flexibility index (Phi) is 5.11. The number of nitrogens with zero attached hydrogens (tertiary/aromatic N) is 3. The van der Waals surface area contributed by atoms with Crippen LogP contribution in [-0.2, 0) is 11.3 Å². The summed E-state index contributed by atoms with van der Waals surface area (Å²) >= 11 is 0. The Morgan fingerprint density at radius 3 is 2.52 bits per heavy atom. The average Bonchev–Trinajstić information content (AvgIpc) is 2.80. The van der Waals surface area contributed by atoms with Gasteiger partial charge < -0.3 is 23.8 Å². The van der Waals surface area contributed by atoms with E-state index in [1.54, 1.807) is 28.8 Å². The molecule has 0 N–H and O–H groups in total. The van der Waals surface area contributed by atoms with Gasteiger partial charge in [-0.05, 0) is 17.7 Å². The molecule has 0 unspecified atom stereocenters. The van der Waals surface area contributed by atoms with Gasteiger partial charge in [-0.15, -0.1) is 0 Å². The van der Waals surface area contributed by atoms with Crippen LogP contribution in [0, 0.1) is 5.82 Å². The number of aromatic nitrogens is 2. The van der Waals surface area contributed by atoms with Gasteiger partial charge in [-0.1, -0.05) is 6.07 Å². The lowest BCUT2D eigenvalue weighted by molar-refractivity contribution is 0.122. The molecule has 0 aliphatic carbocycles. The van der Waals surface area contributed by atoms with Gasteiger partial charge in [-0.2, -0.15) is 0 Å². The SMILES string of the molecule is COc1ccc(Cn2c(=O)c(N3CCOCC3)nc3cc4c(cc32)OCCO4)cc1F. The third kappa shape index (κ3) is 3.65. The van der Waals surface area contributed by atoms with Crippen molar-refractivity contribution in [1.82, 2.24) is 9.55 Å². The normalized spacial score (nSPS) is 15.9. The quantitative estimate of drug-likeness (QED) is 0.632.